The first-order chi connectivity index (χ1) is 14.4. The molecule has 0 unspecified atom stereocenters. The fourth-order valence-corrected chi connectivity index (χ4v) is 5.62. The van der Waals surface area contributed by atoms with Crippen molar-refractivity contribution in [2.24, 2.45) is 0 Å². The Morgan fingerprint density at radius 2 is 1.77 bits per heavy atom. The zero-order valence-electron chi connectivity index (χ0n) is 16.1. The predicted molar refractivity (Wildman–Crippen MR) is 116 cm³/mol. The summed E-state index contributed by atoms with van der Waals surface area (Å²) in [6.07, 6.45) is 3.00. The Labute approximate surface area is 178 Å². The third kappa shape index (κ3) is 4.53. The second-order valence-electron chi connectivity index (χ2n) is 7.07. The van der Waals surface area contributed by atoms with E-state index in [1.54, 1.807) is 12.1 Å². The number of thiophene rings is 1. The van der Waals surface area contributed by atoms with Crippen LogP contribution in [0.2, 0.25) is 0 Å². The molecule has 1 aromatic heterocycles. The molecule has 9 heteroatoms. The molecule has 4 rings (SSSR count). The van der Waals surface area contributed by atoms with Gasteiger partial charge in [0.25, 0.3) is 5.91 Å². The van der Waals surface area contributed by atoms with E-state index < -0.39 is 15.9 Å². The van der Waals surface area contributed by atoms with Crippen molar-refractivity contribution >= 4 is 43.9 Å². The summed E-state index contributed by atoms with van der Waals surface area (Å²) in [4.78, 5) is 26.0. The molecule has 1 heterocycles. The number of benzene rings is 2. The molecule has 0 fully saturated rings. The summed E-state index contributed by atoms with van der Waals surface area (Å²) in [6, 6.07) is 14.2. The summed E-state index contributed by atoms with van der Waals surface area (Å²) in [5, 5.41) is 1.77. The van der Waals surface area contributed by atoms with Gasteiger partial charge in [-0.3, -0.25) is 20.4 Å². The summed E-state index contributed by atoms with van der Waals surface area (Å²) in [7, 11) is -3.74. The van der Waals surface area contributed by atoms with Crippen molar-refractivity contribution < 1.29 is 18.0 Å². The van der Waals surface area contributed by atoms with Gasteiger partial charge in [0.2, 0.25) is 15.9 Å². The zero-order chi connectivity index (χ0) is 21.1. The van der Waals surface area contributed by atoms with Gasteiger partial charge < -0.3 is 0 Å². The minimum atomic E-state index is -3.74. The molecule has 0 radical (unpaired) electrons. The van der Waals surface area contributed by atoms with E-state index in [2.05, 4.69) is 15.6 Å². The van der Waals surface area contributed by atoms with Crippen molar-refractivity contribution in [3.63, 3.8) is 0 Å². The smallest absolute Gasteiger partial charge is 0.273 e. The van der Waals surface area contributed by atoms with Gasteiger partial charge in [-0.15, -0.1) is 11.3 Å². The number of nitrogens with one attached hydrogen (secondary N) is 3. The molecular formula is C21H21N3O4S2. The molecule has 0 atom stereocenters. The molecule has 0 aliphatic heterocycles. The molecule has 156 valence electrons. The predicted octanol–water partition coefficient (Wildman–Crippen LogP) is 2.52. The van der Waals surface area contributed by atoms with E-state index in [9.17, 15) is 18.0 Å². The van der Waals surface area contributed by atoms with Gasteiger partial charge in [0, 0.05) is 17.8 Å². The molecule has 1 aliphatic carbocycles. The second-order valence-corrected chi connectivity index (χ2v) is 9.98. The normalized spacial score (nSPS) is 13.2. The van der Waals surface area contributed by atoms with Crippen LogP contribution in [0, 0.1) is 0 Å². The third-order valence-electron chi connectivity index (χ3n) is 4.96. The maximum atomic E-state index is 12.5. The van der Waals surface area contributed by atoms with Gasteiger partial charge in [-0.05, 0) is 53.8 Å². The van der Waals surface area contributed by atoms with Crippen LogP contribution in [0.15, 0.2) is 53.4 Å². The average molecular weight is 444 g/mol. The van der Waals surface area contributed by atoms with Crippen LogP contribution in [0.25, 0.3) is 10.8 Å². The Balaban J connectivity index is 1.26. The third-order valence-corrected chi connectivity index (χ3v) is 7.66. The first-order valence-corrected chi connectivity index (χ1v) is 11.9. The number of fused-ring (bicyclic) bond motifs is 2. The summed E-state index contributed by atoms with van der Waals surface area (Å²) in [5.74, 6) is -0.840. The van der Waals surface area contributed by atoms with Crippen molar-refractivity contribution in [2.75, 3.05) is 6.54 Å². The first-order valence-electron chi connectivity index (χ1n) is 9.62. The fraction of sp³-hybridized carbons (Fsp3) is 0.238. The average Bonchev–Trinajstić information content (AvgIpc) is 3.34. The number of carbonyl (C=O) groups excluding carboxylic acids is 2. The van der Waals surface area contributed by atoms with Gasteiger partial charge in [0.1, 0.15) is 0 Å². The molecule has 2 aromatic carbocycles. The van der Waals surface area contributed by atoms with Gasteiger partial charge in [0.15, 0.2) is 0 Å². The lowest BCUT2D eigenvalue weighted by atomic mass is 10.1. The van der Waals surface area contributed by atoms with Gasteiger partial charge >= 0.3 is 0 Å². The highest BCUT2D eigenvalue weighted by molar-refractivity contribution is 7.89. The summed E-state index contributed by atoms with van der Waals surface area (Å²) < 4.78 is 27.3. The molecular weight excluding hydrogens is 422 g/mol. The van der Waals surface area contributed by atoms with E-state index in [0.29, 0.717) is 4.88 Å². The van der Waals surface area contributed by atoms with Gasteiger partial charge in [-0.2, -0.15) is 0 Å². The number of rotatable bonds is 6. The molecule has 3 aromatic rings. The maximum Gasteiger partial charge on any atom is 0.279 e. The van der Waals surface area contributed by atoms with E-state index in [4.69, 9.17) is 0 Å². The van der Waals surface area contributed by atoms with Crippen LogP contribution in [0.4, 0.5) is 0 Å². The first kappa shape index (κ1) is 20.5. The Bertz CT molecular complexity index is 1200. The van der Waals surface area contributed by atoms with Crippen LogP contribution in [0.1, 0.15) is 33.0 Å². The molecule has 0 bridgehead atoms. The largest absolute Gasteiger partial charge is 0.279 e. The van der Waals surface area contributed by atoms with Crippen LogP contribution >= 0.6 is 11.3 Å². The highest BCUT2D eigenvalue weighted by Crippen LogP contribution is 2.30. The Morgan fingerprint density at radius 1 is 0.967 bits per heavy atom. The van der Waals surface area contributed by atoms with E-state index in [1.165, 1.54) is 27.8 Å². The maximum absolute atomic E-state index is 12.5. The van der Waals surface area contributed by atoms with Gasteiger partial charge in [-0.1, -0.05) is 30.3 Å². The number of hydrazine groups is 1. The Hall–Kier alpha value is -2.75. The fourth-order valence-electron chi connectivity index (χ4n) is 3.41. The summed E-state index contributed by atoms with van der Waals surface area (Å²) >= 11 is 1.45. The van der Waals surface area contributed by atoms with Gasteiger partial charge in [0.05, 0.1) is 9.77 Å². The minimum Gasteiger partial charge on any atom is -0.273 e. The SMILES string of the molecule is O=C(CCNS(=O)(=O)c1ccc2ccccc2c1)NNC(=O)c1cc2c(s1)CCC2. The number of carbonyl (C=O) groups is 2. The molecule has 0 saturated heterocycles. The van der Waals surface area contributed by atoms with Crippen LogP contribution < -0.4 is 15.6 Å². The number of sulfonamides is 1. The highest BCUT2D eigenvalue weighted by Gasteiger charge is 2.19. The lowest BCUT2D eigenvalue weighted by molar-refractivity contribution is -0.121. The molecule has 0 spiro atoms. The Kier molecular flexibility index (Phi) is 5.85. The number of aryl methyl sites for hydroxylation is 2. The number of amides is 2. The minimum absolute atomic E-state index is 0.0792. The second kappa shape index (κ2) is 8.55. The van der Waals surface area contributed by atoms with Crippen LogP contribution in [0.3, 0.4) is 0 Å². The lowest BCUT2D eigenvalue weighted by Gasteiger charge is -2.09. The van der Waals surface area contributed by atoms with Gasteiger partial charge in [-0.25, -0.2) is 13.1 Å². The standard InChI is InChI=1S/C21H21N3O4S2/c25-20(23-24-21(26)19-13-16-6-3-7-18(16)29-19)10-11-22-30(27,28)17-9-8-14-4-1-2-5-15(14)12-17/h1-2,4-5,8-9,12-13,22H,3,6-7,10-11H2,(H,23,25)(H,24,26). The van der Waals surface area contributed by atoms with Crippen molar-refractivity contribution in [2.45, 2.75) is 30.6 Å². The zero-order valence-corrected chi connectivity index (χ0v) is 17.7. The molecule has 30 heavy (non-hydrogen) atoms. The van der Waals surface area contributed by atoms with E-state index in [-0.39, 0.29) is 23.8 Å². The summed E-state index contributed by atoms with van der Waals surface area (Å²) in [5.41, 5.74) is 5.92. The lowest BCUT2D eigenvalue weighted by Crippen LogP contribution is -2.42. The quantitative estimate of drug-likeness (QED) is 0.509. The highest BCUT2D eigenvalue weighted by atomic mass is 32.2. The topological polar surface area (TPSA) is 104 Å². The molecule has 0 saturated carbocycles. The van der Waals surface area contributed by atoms with Crippen LogP contribution in [-0.4, -0.2) is 26.8 Å². The van der Waals surface area contributed by atoms with E-state index in [1.807, 2.05) is 30.3 Å². The van der Waals surface area contributed by atoms with E-state index >= 15 is 0 Å². The Morgan fingerprint density at radius 3 is 2.57 bits per heavy atom. The number of hydrogen-bond acceptors (Lipinski definition) is 5. The van der Waals surface area contributed by atoms with E-state index in [0.717, 1.165) is 30.0 Å². The van der Waals surface area contributed by atoms with Crippen molar-refractivity contribution in [3.8, 4) is 0 Å². The number of hydrogen-bond donors (Lipinski definition) is 3. The van der Waals surface area contributed by atoms with Crippen molar-refractivity contribution in [3.05, 3.63) is 63.8 Å². The molecule has 2 amide bonds. The van der Waals surface area contributed by atoms with Crippen LogP contribution in [0.5, 0.6) is 0 Å². The molecule has 1 aliphatic rings. The van der Waals surface area contributed by atoms with Crippen molar-refractivity contribution in [1.82, 2.24) is 15.6 Å². The van der Waals surface area contributed by atoms with Crippen molar-refractivity contribution in [1.29, 1.82) is 0 Å². The van der Waals surface area contributed by atoms with Crippen LogP contribution in [-0.2, 0) is 27.7 Å². The molecule has 7 nitrogen and oxygen atoms in total. The summed E-state index contributed by atoms with van der Waals surface area (Å²) in [6.45, 7) is -0.0792. The molecule has 3 N–H and O–H groups in total. The monoisotopic (exact) mass is 443 g/mol.